The summed E-state index contributed by atoms with van der Waals surface area (Å²) in [5, 5.41) is 0. The maximum atomic E-state index is 12.5. The van der Waals surface area contributed by atoms with E-state index < -0.39 is 13.9 Å². The van der Waals surface area contributed by atoms with E-state index in [9.17, 15) is 14.3 Å². The fourth-order valence-corrected chi connectivity index (χ4v) is 5.99. The van der Waals surface area contributed by atoms with Gasteiger partial charge in [0.2, 0.25) is 0 Å². The minimum atomic E-state index is -4.52. The monoisotopic (exact) mass is 728 g/mol. The average molecular weight is 728 g/mol. The third-order valence-electron chi connectivity index (χ3n) is 8.44. The zero-order chi connectivity index (χ0) is 37.0. The van der Waals surface area contributed by atoms with Crippen LogP contribution in [-0.4, -0.2) is 70.7 Å². The first-order valence-electron chi connectivity index (χ1n) is 20.2. The van der Waals surface area contributed by atoms with Crippen LogP contribution in [0, 0.1) is 0 Å². The molecule has 0 aliphatic carbocycles. The molecule has 0 aliphatic rings. The van der Waals surface area contributed by atoms with Crippen molar-refractivity contribution in [3.05, 3.63) is 36.5 Å². The van der Waals surface area contributed by atoms with E-state index in [-0.39, 0.29) is 25.8 Å². The highest BCUT2D eigenvalue weighted by Gasteiger charge is 2.20. The topological polar surface area (TPSA) is 94.1 Å². The van der Waals surface area contributed by atoms with Gasteiger partial charge in [0.05, 0.1) is 34.4 Å². The lowest BCUT2D eigenvalue weighted by Crippen LogP contribution is -2.37. The van der Waals surface area contributed by atoms with Crippen molar-refractivity contribution in [1.82, 2.24) is 0 Å². The maximum Gasteiger partial charge on any atom is 0.306 e. The van der Waals surface area contributed by atoms with Crippen molar-refractivity contribution in [3.8, 4) is 0 Å². The van der Waals surface area contributed by atoms with Crippen LogP contribution < -0.4 is 4.89 Å². The second-order valence-corrected chi connectivity index (χ2v) is 16.1. The molecular formula is C41H78NO7P. The Morgan fingerprint density at radius 2 is 1.10 bits per heavy atom. The van der Waals surface area contributed by atoms with Gasteiger partial charge in [-0.05, 0) is 51.4 Å². The molecule has 50 heavy (non-hydrogen) atoms. The summed E-state index contributed by atoms with van der Waals surface area (Å²) in [6, 6.07) is 0. The van der Waals surface area contributed by atoms with Crippen LogP contribution in [0.2, 0.25) is 0 Å². The smallest absolute Gasteiger partial charge is 0.306 e. The highest BCUT2D eigenvalue weighted by atomic mass is 31.2. The lowest BCUT2D eigenvalue weighted by molar-refractivity contribution is -0.870. The molecule has 0 spiro atoms. The number of quaternary nitrogens is 1. The Labute approximate surface area is 308 Å². The van der Waals surface area contributed by atoms with E-state index in [4.69, 9.17) is 18.5 Å². The summed E-state index contributed by atoms with van der Waals surface area (Å²) in [7, 11) is 1.35. The van der Waals surface area contributed by atoms with Gasteiger partial charge in [0.1, 0.15) is 19.3 Å². The Bertz CT molecular complexity index is 900. The number of likely N-dealkylation sites (N-methyl/N-ethyl adjacent to an activating group) is 1. The molecular weight excluding hydrogens is 649 g/mol. The molecule has 9 heteroatoms. The van der Waals surface area contributed by atoms with E-state index in [0.717, 1.165) is 51.4 Å². The number of hydrogen-bond acceptors (Lipinski definition) is 7. The van der Waals surface area contributed by atoms with Crippen molar-refractivity contribution in [2.45, 2.75) is 168 Å². The van der Waals surface area contributed by atoms with Gasteiger partial charge in [0, 0.05) is 13.0 Å². The van der Waals surface area contributed by atoms with Crippen LogP contribution in [0.1, 0.15) is 162 Å². The third-order valence-corrected chi connectivity index (χ3v) is 9.41. The van der Waals surface area contributed by atoms with Gasteiger partial charge in [0.15, 0.2) is 0 Å². The van der Waals surface area contributed by atoms with Gasteiger partial charge in [-0.1, -0.05) is 140 Å². The first kappa shape index (κ1) is 48.7. The van der Waals surface area contributed by atoms with Crippen molar-refractivity contribution in [2.75, 3.05) is 54.1 Å². The minimum absolute atomic E-state index is 0.0241. The fourth-order valence-electron chi connectivity index (χ4n) is 5.26. The van der Waals surface area contributed by atoms with Crippen LogP contribution in [-0.2, 0) is 27.9 Å². The molecule has 2 atom stereocenters. The number of esters is 1. The van der Waals surface area contributed by atoms with Crippen molar-refractivity contribution < 1.29 is 37.3 Å². The molecule has 0 bridgehead atoms. The number of carbonyl (C=O) groups is 1. The van der Waals surface area contributed by atoms with Crippen LogP contribution in [0.5, 0.6) is 0 Å². The van der Waals surface area contributed by atoms with E-state index in [0.29, 0.717) is 24.1 Å². The first-order chi connectivity index (χ1) is 24.1. The first-order valence-corrected chi connectivity index (χ1v) is 21.7. The van der Waals surface area contributed by atoms with E-state index >= 15 is 0 Å². The number of phosphoric ester groups is 1. The van der Waals surface area contributed by atoms with Crippen LogP contribution in [0.25, 0.3) is 0 Å². The van der Waals surface area contributed by atoms with Crippen LogP contribution in [0.4, 0.5) is 0 Å². The van der Waals surface area contributed by atoms with Crippen molar-refractivity contribution >= 4 is 13.8 Å². The van der Waals surface area contributed by atoms with E-state index in [2.05, 4.69) is 50.3 Å². The Morgan fingerprint density at radius 3 is 1.68 bits per heavy atom. The van der Waals surface area contributed by atoms with Gasteiger partial charge in [-0.15, -0.1) is 0 Å². The van der Waals surface area contributed by atoms with Gasteiger partial charge in [-0.2, -0.15) is 0 Å². The van der Waals surface area contributed by atoms with Crippen LogP contribution in [0.15, 0.2) is 36.5 Å². The van der Waals surface area contributed by atoms with Crippen molar-refractivity contribution in [2.24, 2.45) is 0 Å². The summed E-state index contributed by atoms with van der Waals surface area (Å²) in [4.78, 5) is 24.8. The molecule has 0 N–H and O–H groups in total. The quantitative estimate of drug-likeness (QED) is 0.0207. The number of nitrogens with zero attached hydrogens (tertiary/aromatic N) is 1. The Morgan fingerprint density at radius 1 is 0.620 bits per heavy atom. The number of carbonyl (C=O) groups excluding carboxylic acids is 1. The molecule has 0 aromatic rings. The van der Waals surface area contributed by atoms with Gasteiger partial charge < -0.3 is 27.9 Å². The number of unbranched alkanes of at least 4 members (excludes halogenated alkanes) is 17. The zero-order valence-corrected chi connectivity index (χ0v) is 34.0. The number of hydrogen-bond donors (Lipinski definition) is 0. The van der Waals surface area contributed by atoms with E-state index in [1.165, 1.54) is 89.9 Å². The van der Waals surface area contributed by atoms with Gasteiger partial charge in [0.25, 0.3) is 7.82 Å². The normalized spacial score (nSPS) is 14.3. The lowest BCUT2D eigenvalue weighted by atomic mass is 10.1. The van der Waals surface area contributed by atoms with E-state index in [1.54, 1.807) is 0 Å². The Balaban J connectivity index is 4.18. The second kappa shape index (κ2) is 34.8. The Hall–Kier alpha value is -1.28. The zero-order valence-electron chi connectivity index (χ0n) is 33.1. The van der Waals surface area contributed by atoms with Crippen molar-refractivity contribution in [1.29, 1.82) is 0 Å². The third kappa shape index (κ3) is 38.0. The number of ether oxygens (including phenoxy) is 2. The highest BCUT2D eigenvalue weighted by Crippen LogP contribution is 2.38. The van der Waals surface area contributed by atoms with Gasteiger partial charge >= 0.3 is 5.97 Å². The molecule has 0 radical (unpaired) electrons. The largest absolute Gasteiger partial charge is 0.756 e. The summed E-state index contributed by atoms with van der Waals surface area (Å²) in [6.45, 7) is 5.32. The molecule has 294 valence electrons. The summed E-state index contributed by atoms with van der Waals surface area (Å²) in [5.74, 6) is -0.344. The molecule has 0 saturated heterocycles. The molecule has 0 heterocycles. The Kier molecular flexibility index (Phi) is 33.9. The predicted octanol–water partition coefficient (Wildman–Crippen LogP) is 10.8. The summed E-state index contributed by atoms with van der Waals surface area (Å²) in [6.07, 6.45) is 38.8. The SMILES string of the molecule is CCCCC/C=C\C/C=C\C/C=C\CCCCCCCCCOCC(COP(=O)([O-])OCC[N+](C)(C)C)OC(=O)CCCCCCCCCC. The summed E-state index contributed by atoms with van der Waals surface area (Å²) >= 11 is 0. The molecule has 0 fully saturated rings. The molecule has 0 saturated carbocycles. The summed E-state index contributed by atoms with van der Waals surface area (Å²) < 4.78 is 34.4. The lowest BCUT2D eigenvalue weighted by Gasteiger charge is -2.28. The molecule has 0 aromatic carbocycles. The van der Waals surface area contributed by atoms with Gasteiger partial charge in [-0.25, -0.2) is 0 Å². The highest BCUT2D eigenvalue weighted by molar-refractivity contribution is 7.45. The molecule has 0 aliphatic heterocycles. The molecule has 0 amide bonds. The average Bonchev–Trinajstić information content (AvgIpc) is 3.06. The standard InChI is InChI=1S/C41H78NO7P/c1-6-8-10-12-14-16-17-18-19-20-21-22-23-24-25-26-27-29-31-33-36-46-38-40(39-48-50(44,45)47-37-35-42(3,4)5)49-41(43)34-32-30-28-15-13-11-9-7-2/h14,16,18-19,21-22,40H,6-13,15,17,20,23-39H2,1-5H3/b16-14-,19-18-,22-21-. The van der Waals surface area contributed by atoms with Crippen LogP contribution >= 0.6 is 7.82 Å². The van der Waals surface area contributed by atoms with Gasteiger partial charge in [-0.3, -0.25) is 9.36 Å². The number of phosphoric acid groups is 1. The number of rotatable bonds is 37. The molecule has 2 unspecified atom stereocenters. The number of allylic oxidation sites excluding steroid dienone is 6. The predicted molar refractivity (Wildman–Crippen MR) is 208 cm³/mol. The second-order valence-electron chi connectivity index (χ2n) is 14.6. The van der Waals surface area contributed by atoms with Crippen LogP contribution in [0.3, 0.4) is 0 Å². The molecule has 0 rings (SSSR count). The van der Waals surface area contributed by atoms with E-state index in [1.807, 2.05) is 21.1 Å². The maximum absolute atomic E-state index is 12.5. The fraction of sp³-hybridized carbons (Fsp3) is 0.829. The molecule has 8 nitrogen and oxygen atoms in total. The molecule has 0 aromatic heterocycles. The summed E-state index contributed by atoms with van der Waals surface area (Å²) in [5.41, 5.74) is 0. The minimum Gasteiger partial charge on any atom is -0.756 e. The van der Waals surface area contributed by atoms with Crippen molar-refractivity contribution in [3.63, 3.8) is 0 Å².